The number of ether oxygens (including phenoxy) is 2. The Balaban J connectivity index is 1.01. The van der Waals surface area contributed by atoms with Crippen molar-refractivity contribution in [3.05, 3.63) is 95.4 Å². The van der Waals surface area contributed by atoms with Gasteiger partial charge in [0.25, 0.3) is 0 Å². The van der Waals surface area contributed by atoms with Crippen LogP contribution < -0.4 is 9.47 Å². The van der Waals surface area contributed by atoms with Crippen molar-refractivity contribution in [1.29, 1.82) is 10.5 Å². The molecule has 6 heteroatoms. The van der Waals surface area contributed by atoms with E-state index in [9.17, 15) is 10.5 Å². The van der Waals surface area contributed by atoms with E-state index in [0.717, 1.165) is 47.7 Å². The first-order valence-corrected chi connectivity index (χ1v) is 15.3. The van der Waals surface area contributed by atoms with Crippen LogP contribution in [-0.2, 0) is 13.1 Å². The highest BCUT2D eigenvalue weighted by Crippen LogP contribution is 2.44. The number of hydrogen-bond acceptors (Lipinski definition) is 6. The monoisotopic (exact) mass is 560 g/mol. The molecule has 6 nitrogen and oxygen atoms in total. The second-order valence-corrected chi connectivity index (χ2v) is 12.6. The van der Waals surface area contributed by atoms with Crippen LogP contribution in [-0.4, -0.2) is 37.1 Å². The lowest BCUT2D eigenvalue weighted by molar-refractivity contribution is 0.227. The van der Waals surface area contributed by atoms with E-state index >= 15 is 0 Å². The van der Waals surface area contributed by atoms with Crippen molar-refractivity contribution in [1.82, 2.24) is 9.80 Å². The summed E-state index contributed by atoms with van der Waals surface area (Å²) < 4.78 is 12.2. The predicted molar refractivity (Wildman–Crippen MR) is 163 cm³/mol. The van der Waals surface area contributed by atoms with Gasteiger partial charge in [-0.3, -0.25) is 0 Å². The number of nitriles is 2. The molecule has 0 heterocycles. The van der Waals surface area contributed by atoms with Crippen LogP contribution in [0.15, 0.2) is 84.2 Å². The molecule has 2 aromatic carbocycles. The first kappa shape index (κ1) is 28.0. The molecule has 216 valence electrons. The smallest absolute Gasteiger partial charge is 0.150 e. The molecule has 2 aromatic rings. The number of nitrogens with zero attached hydrogens (tertiary/aromatic N) is 4. The molecule has 4 aliphatic carbocycles. The van der Waals surface area contributed by atoms with Crippen molar-refractivity contribution in [3.63, 3.8) is 0 Å². The molecule has 6 atom stereocenters. The van der Waals surface area contributed by atoms with E-state index in [1.165, 1.54) is 25.7 Å². The predicted octanol–water partition coefficient (Wildman–Crippen LogP) is 6.69. The van der Waals surface area contributed by atoms with Crippen molar-refractivity contribution in [2.75, 3.05) is 27.3 Å². The fourth-order valence-electron chi connectivity index (χ4n) is 7.31. The molecule has 4 bridgehead atoms. The quantitative estimate of drug-likeness (QED) is 0.213. The molecule has 2 fully saturated rings. The van der Waals surface area contributed by atoms with Gasteiger partial charge in [-0.05, 0) is 96.6 Å². The van der Waals surface area contributed by atoms with Gasteiger partial charge >= 0.3 is 0 Å². The van der Waals surface area contributed by atoms with E-state index in [4.69, 9.17) is 9.47 Å². The Kier molecular flexibility index (Phi) is 8.24. The number of allylic oxidation sites excluding steroid dienone is 6. The number of benzene rings is 2. The number of rotatable bonds is 12. The van der Waals surface area contributed by atoms with Gasteiger partial charge in [-0.15, -0.1) is 0 Å². The first-order valence-electron chi connectivity index (χ1n) is 15.3. The van der Waals surface area contributed by atoms with E-state index in [2.05, 4.69) is 36.4 Å². The summed E-state index contributed by atoms with van der Waals surface area (Å²) in [5.41, 5.74) is 2.81. The van der Waals surface area contributed by atoms with Gasteiger partial charge in [0.2, 0.25) is 0 Å². The molecule has 0 aromatic heterocycles. The number of hydrogen-bond donors (Lipinski definition) is 0. The molecule has 2 unspecified atom stereocenters. The summed E-state index contributed by atoms with van der Waals surface area (Å²) in [7, 11) is 3.71. The average Bonchev–Trinajstić information content (AvgIpc) is 3.82. The molecule has 0 amide bonds. The molecular formula is C36H40N4O2. The second kappa shape index (κ2) is 12.4. The van der Waals surface area contributed by atoms with E-state index in [1.807, 2.05) is 72.4 Å². The van der Waals surface area contributed by atoms with Gasteiger partial charge in [-0.2, -0.15) is 10.5 Å². The fraction of sp³-hybridized carbons (Fsp3) is 0.444. The minimum Gasteiger partial charge on any atom is -0.493 e. The third kappa shape index (κ3) is 6.19. The van der Waals surface area contributed by atoms with Gasteiger partial charge in [0.05, 0.1) is 13.2 Å². The molecule has 4 aliphatic rings. The molecule has 0 aliphatic heterocycles. The summed E-state index contributed by atoms with van der Waals surface area (Å²) in [6, 6.07) is 20.7. The lowest BCUT2D eigenvalue weighted by Gasteiger charge is -2.24. The van der Waals surface area contributed by atoms with Crippen LogP contribution in [0, 0.1) is 58.2 Å². The lowest BCUT2D eigenvalue weighted by atomic mass is 9.95. The molecule has 0 spiro atoms. The summed E-state index contributed by atoms with van der Waals surface area (Å²) in [5.74, 6) is 5.86. The minimum absolute atomic E-state index is 0.351. The Morgan fingerprint density at radius 1 is 0.643 bits per heavy atom. The summed E-state index contributed by atoms with van der Waals surface area (Å²) in [5, 5.41) is 20.0. The highest BCUT2D eigenvalue weighted by molar-refractivity contribution is 5.37. The van der Waals surface area contributed by atoms with Crippen LogP contribution >= 0.6 is 0 Å². The Morgan fingerprint density at radius 3 is 1.36 bits per heavy atom. The van der Waals surface area contributed by atoms with Crippen LogP contribution in [0.25, 0.3) is 0 Å². The van der Waals surface area contributed by atoms with Gasteiger partial charge in [0.1, 0.15) is 23.6 Å². The number of fused-ring (bicyclic) bond motifs is 4. The lowest BCUT2D eigenvalue weighted by Crippen LogP contribution is -2.25. The zero-order valence-electron chi connectivity index (χ0n) is 24.7. The van der Waals surface area contributed by atoms with Gasteiger partial charge in [0, 0.05) is 27.2 Å². The topological polar surface area (TPSA) is 72.5 Å². The minimum atomic E-state index is 0.351. The summed E-state index contributed by atoms with van der Waals surface area (Å²) in [6.45, 7) is 2.56. The van der Waals surface area contributed by atoms with E-state index in [-0.39, 0.29) is 0 Å². The Hall–Kier alpha value is -4.16. The maximum atomic E-state index is 10.0. The van der Waals surface area contributed by atoms with Gasteiger partial charge < -0.3 is 19.3 Å². The first-order chi connectivity index (χ1) is 20.5. The van der Waals surface area contributed by atoms with Crippen LogP contribution in [0.5, 0.6) is 11.5 Å². The molecule has 0 radical (unpaired) electrons. The summed E-state index contributed by atoms with van der Waals surface area (Å²) in [4.78, 5) is 3.68. The SMILES string of the molecule is CN(Cc1ccc(OCC2C[C@@H]3C=C[C@H]2C3)cc1)/C(C#N)=C(/C#N)N(C)Cc1ccc(OCC2C[C@@H]3C=C[C@H]2C3)cc1. The van der Waals surface area contributed by atoms with Gasteiger partial charge in [-0.25, -0.2) is 0 Å². The molecular weight excluding hydrogens is 520 g/mol. The maximum Gasteiger partial charge on any atom is 0.150 e. The van der Waals surface area contributed by atoms with E-state index in [0.29, 0.717) is 48.2 Å². The van der Waals surface area contributed by atoms with E-state index < -0.39 is 0 Å². The van der Waals surface area contributed by atoms with Crippen molar-refractivity contribution < 1.29 is 9.47 Å². The Labute approximate surface area is 250 Å². The van der Waals surface area contributed by atoms with Crippen LogP contribution in [0.1, 0.15) is 36.8 Å². The highest BCUT2D eigenvalue weighted by atomic mass is 16.5. The van der Waals surface area contributed by atoms with Crippen LogP contribution in [0.4, 0.5) is 0 Å². The zero-order valence-corrected chi connectivity index (χ0v) is 24.7. The largest absolute Gasteiger partial charge is 0.493 e. The molecule has 2 saturated carbocycles. The summed E-state index contributed by atoms with van der Waals surface area (Å²) in [6.07, 6.45) is 14.5. The van der Waals surface area contributed by atoms with E-state index in [1.54, 1.807) is 0 Å². The normalized spacial score (nSPS) is 27.0. The summed E-state index contributed by atoms with van der Waals surface area (Å²) >= 11 is 0. The molecule has 42 heavy (non-hydrogen) atoms. The van der Waals surface area contributed by atoms with Gasteiger partial charge in [-0.1, -0.05) is 48.6 Å². The molecule has 6 rings (SSSR count). The van der Waals surface area contributed by atoms with Gasteiger partial charge in [0.15, 0.2) is 11.4 Å². The maximum absolute atomic E-state index is 10.0. The molecule has 0 saturated heterocycles. The highest BCUT2D eigenvalue weighted by Gasteiger charge is 2.36. The van der Waals surface area contributed by atoms with Crippen LogP contribution in [0.3, 0.4) is 0 Å². The van der Waals surface area contributed by atoms with Crippen molar-refractivity contribution >= 4 is 0 Å². The van der Waals surface area contributed by atoms with Crippen molar-refractivity contribution in [3.8, 4) is 23.6 Å². The van der Waals surface area contributed by atoms with Crippen LogP contribution in [0.2, 0.25) is 0 Å². The van der Waals surface area contributed by atoms with Crippen molar-refractivity contribution in [2.24, 2.45) is 35.5 Å². The Morgan fingerprint density at radius 2 is 1.05 bits per heavy atom. The standard InChI is InChI=1S/C36H40N4O2/c1-39(21-25-5-11-33(12-6-25)41-23-31-17-27-3-9-29(31)15-27)35(19-37)36(20-38)40(2)22-26-7-13-34(14-8-26)42-24-32-18-28-4-10-30(32)16-28/h3-14,27-32H,15-18,21-24H2,1-2H3/b36-35-/t27-,28-,29+,30+,31?,32?/m1/s1. The third-order valence-electron chi connectivity index (χ3n) is 9.65. The second-order valence-electron chi connectivity index (χ2n) is 12.6. The fourth-order valence-corrected chi connectivity index (χ4v) is 7.31. The molecule has 0 N–H and O–H groups in total. The zero-order chi connectivity index (χ0) is 29.1. The Bertz CT molecular complexity index is 1320. The average molecular weight is 561 g/mol. The third-order valence-corrected chi connectivity index (χ3v) is 9.65. The van der Waals surface area contributed by atoms with Crippen molar-refractivity contribution in [2.45, 2.75) is 38.8 Å².